The SMILES string of the molecule is N#Cc1ccc(-c2ccco2)s1. The summed E-state index contributed by atoms with van der Waals surface area (Å²) >= 11 is 1.44. The average Bonchev–Trinajstić information content (AvgIpc) is 2.75. The van der Waals surface area contributed by atoms with E-state index in [4.69, 9.17) is 9.68 Å². The molecule has 2 heterocycles. The van der Waals surface area contributed by atoms with Crippen molar-refractivity contribution in [3.63, 3.8) is 0 Å². The molecule has 2 aromatic rings. The van der Waals surface area contributed by atoms with Crippen LogP contribution >= 0.6 is 11.3 Å². The fourth-order valence-electron chi connectivity index (χ4n) is 0.949. The first kappa shape index (κ1) is 7.14. The van der Waals surface area contributed by atoms with E-state index < -0.39 is 0 Å². The van der Waals surface area contributed by atoms with E-state index in [1.807, 2.05) is 18.2 Å². The molecule has 0 fully saturated rings. The van der Waals surface area contributed by atoms with Crippen LogP contribution in [0.1, 0.15) is 4.88 Å². The Morgan fingerprint density at radius 2 is 2.25 bits per heavy atom. The van der Waals surface area contributed by atoms with Gasteiger partial charge in [-0.2, -0.15) is 5.26 Å². The number of hydrogen-bond acceptors (Lipinski definition) is 3. The third-order valence-electron chi connectivity index (χ3n) is 1.48. The largest absolute Gasteiger partial charge is 0.464 e. The summed E-state index contributed by atoms with van der Waals surface area (Å²) in [5.41, 5.74) is 0. The van der Waals surface area contributed by atoms with E-state index in [9.17, 15) is 0 Å². The Labute approximate surface area is 73.7 Å². The Kier molecular flexibility index (Phi) is 1.69. The molecule has 0 radical (unpaired) electrons. The molecule has 0 aliphatic heterocycles. The molecule has 3 heteroatoms. The maximum Gasteiger partial charge on any atom is 0.143 e. The molecule has 12 heavy (non-hydrogen) atoms. The highest BCUT2D eigenvalue weighted by Crippen LogP contribution is 2.27. The van der Waals surface area contributed by atoms with Crippen molar-refractivity contribution in [3.8, 4) is 16.7 Å². The highest BCUT2D eigenvalue weighted by atomic mass is 32.1. The lowest BCUT2D eigenvalue weighted by atomic mass is 10.3. The van der Waals surface area contributed by atoms with Gasteiger partial charge in [0.1, 0.15) is 16.7 Å². The molecule has 58 valence electrons. The number of hydrogen-bond donors (Lipinski definition) is 0. The lowest BCUT2D eigenvalue weighted by Crippen LogP contribution is -1.59. The van der Waals surface area contributed by atoms with Gasteiger partial charge in [0.05, 0.1) is 11.1 Å². The monoisotopic (exact) mass is 175 g/mol. The van der Waals surface area contributed by atoms with Crippen molar-refractivity contribution in [2.45, 2.75) is 0 Å². The maximum absolute atomic E-state index is 8.58. The molecule has 0 aliphatic rings. The van der Waals surface area contributed by atoms with Gasteiger partial charge in [0, 0.05) is 0 Å². The minimum Gasteiger partial charge on any atom is -0.464 e. The van der Waals surface area contributed by atoms with Gasteiger partial charge in [0.25, 0.3) is 0 Å². The van der Waals surface area contributed by atoms with E-state index in [1.54, 1.807) is 12.3 Å². The van der Waals surface area contributed by atoms with Crippen LogP contribution in [0.25, 0.3) is 10.6 Å². The molecular weight excluding hydrogens is 170 g/mol. The van der Waals surface area contributed by atoms with Crippen LogP contribution in [0.2, 0.25) is 0 Å². The topological polar surface area (TPSA) is 36.9 Å². The maximum atomic E-state index is 8.58. The predicted octanol–water partition coefficient (Wildman–Crippen LogP) is 2.88. The van der Waals surface area contributed by atoms with Crippen molar-refractivity contribution in [2.24, 2.45) is 0 Å². The number of rotatable bonds is 1. The molecule has 2 aromatic heterocycles. The molecule has 0 spiro atoms. The van der Waals surface area contributed by atoms with Crippen LogP contribution in [0.15, 0.2) is 34.9 Å². The van der Waals surface area contributed by atoms with Gasteiger partial charge in [-0.25, -0.2) is 0 Å². The van der Waals surface area contributed by atoms with Crippen molar-refractivity contribution >= 4 is 11.3 Å². The first-order valence-corrected chi connectivity index (χ1v) is 4.25. The molecule has 0 amide bonds. The second-order valence-electron chi connectivity index (χ2n) is 2.25. The van der Waals surface area contributed by atoms with Gasteiger partial charge in [-0.1, -0.05) is 0 Å². The van der Waals surface area contributed by atoms with E-state index in [1.165, 1.54) is 11.3 Å². The Bertz CT molecular complexity index is 408. The van der Waals surface area contributed by atoms with Crippen molar-refractivity contribution in [2.75, 3.05) is 0 Å². The van der Waals surface area contributed by atoms with Gasteiger partial charge in [0.15, 0.2) is 0 Å². The molecule has 0 N–H and O–H groups in total. The third kappa shape index (κ3) is 1.13. The molecular formula is C9H5NOS. The second-order valence-corrected chi connectivity index (χ2v) is 3.34. The van der Waals surface area contributed by atoms with Crippen LogP contribution in [-0.4, -0.2) is 0 Å². The van der Waals surface area contributed by atoms with Gasteiger partial charge >= 0.3 is 0 Å². The van der Waals surface area contributed by atoms with Gasteiger partial charge in [-0.3, -0.25) is 0 Å². The average molecular weight is 175 g/mol. The number of thiophene rings is 1. The Morgan fingerprint density at radius 3 is 2.83 bits per heavy atom. The molecule has 0 bridgehead atoms. The van der Waals surface area contributed by atoms with Crippen molar-refractivity contribution in [3.05, 3.63) is 35.4 Å². The highest BCUT2D eigenvalue weighted by molar-refractivity contribution is 7.15. The zero-order valence-corrected chi connectivity index (χ0v) is 6.97. The van der Waals surface area contributed by atoms with Crippen molar-refractivity contribution in [1.29, 1.82) is 5.26 Å². The summed E-state index contributed by atoms with van der Waals surface area (Å²) in [7, 11) is 0. The van der Waals surface area contributed by atoms with E-state index in [2.05, 4.69) is 6.07 Å². The zero-order chi connectivity index (χ0) is 8.39. The zero-order valence-electron chi connectivity index (χ0n) is 6.15. The summed E-state index contributed by atoms with van der Waals surface area (Å²) in [4.78, 5) is 1.71. The lowest BCUT2D eigenvalue weighted by Gasteiger charge is -1.85. The number of nitrogens with zero attached hydrogens (tertiary/aromatic N) is 1. The Hall–Kier alpha value is -1.53. The summed E-state index contributed by atoms with van der Waals surface area (Å²) in [6.07, 6.45) is 1.63. The quantitative estimate of drug-likeness (QED) is 0.668. The summed E-state index contributed by atoms with van der Waals surface area (Å²) in [5, 5.41) is 8.58. The first-order valence-electron chi connectivity index (χ1n) is 3.44. The molecule has 0 atom stereocenters. The van der Waals surface area contributed by atoms with Crippen molar-refractivity contribution in [1.82, 2.24) is 0 Å². The molecule has 0 saturated carbocycles. The summed E-state index contributed by atoms with van der Waals surface area (Å²) in [5.74, 6) is 0.821. The number of furan rings is 1. The summed E-state index contributed by atoms with van der Waals surface area (Å²) < 4.78 is 5.18. The predicted molar refractivity (Wildman–Crippen MR) is 46.7 cm³/mol. The van der Waals surface area contributed by atoms with Gasteiger partial charge in [0.2, 0.25) is 0 Å². The second kappa shape index (κ2) is 2.84. The van der Waals surface area contributed by atoms with E-state index in [0.717, 1.165) is 10.6 Å². The minimum atomic E-state index is 0.710. The fourth-order valence-corrected chi connectivity index (χ4v) is 1.72. The highest BCUT2D eigenvalue weighted by Gasteiger charge is 2.03. The third-order valence-corrected chi connectivity index (χ3v) is 2.48. The summed E-state index contributed by atoms with van der Waals surface area (Å²) in [6.45, 7) is 0. The fraction of sp³-hybridized carbons (Fsp3) is 0. The van der Waals surface area contributed by atoms with Crippen LogP contribution in [0.4, 0.5) is 0 Å². The van der Waals surface area contributed by atoms with Crippen LogP contribution < -0.4 is 0 Å². The van der Waals surface area contributed by atoms with Crippen LogP contribution in [-0.2, 0) is 0 Å². The van der Waals surface area contributed by atoms with Gasteiger partial charge < -0.3 is 4.42 Å². The molecule has 0 saturated heterocycles. The van der Waals surface area contributed by atoms with E-state index >= 15 is 0 Å². The molecule has 2 nitrogen and oxygen atoms in total. The Balaban J connectivity index is 2.44. The van der Waals surface area contributed by atoms with Crippen molar-refractivity contribution < 1.29 is 4.42 Å². The normalized spacial score (nSPS) is 9.58. The first-order chi connectivity index (χ1) is 5.90. The Morgan fingerprint density at radius 1 is 1.33 bits per heavy atom. The lowest BCUT2D eigenvalue weighted by molar-refractivity contribution is 0.584. The van der Waals surface area contributed by atoms with Gasteiger partial charge in [-0.15, -0.1) is 11.3 Å². The molecule has 0 unspecified atom stereocenters. The van der Waals surface area contributed by atoms with E-state index in [0.29, 0.717) is 4.88 Å². The molecule has 0 aliphatic carbocycles. The minimum absolute atomic E-state index is 0.710. The van der Waals surface area contributed by atoms with Crippen LogP contribution in [0, 0.1) is 11.3 Å². The number of nitriles is 1. The van der Waals surface area contributed by atoms with Crippen LogP contribution in [0.5, 0.6) is 0 Å². The summed E-state index contributed by atoms with van der Waals surface area (Å²) in [6, 6.07) is 9.49. The molecule has 0 aromatic carbocycles. The smallest absolute Gasteiger partial charge is 0.143 e. The molecule has 2 rings (SSSR count). The van der Waals surface area contributed by atoms with E-state index in [-0.39, 0.29) is 0 Å². The standard InChI is InChI=1S/C9H5NOS/c10-6-7-3-4-9(12-7)8-2-1-5-11-8/h1-5H. The van der Waals surface area contributed by atoms with Gasteiger partial charge in [-0.05, 0) is 24.3 Å². The van der Waals surface area contributed by atoms with Crippen LogP contribution in [0.3, 0.4) is 0 Å².